The van der Waals surface area contributed by atoms with E-state index in [1.807, 2.05) is 6.07 Å². The highest BCUT2D eigenvalue weighted by molar-refractivity contribution is 5.74. The molecule has 3 rings (SSSR count). The van der Waals surface area contributed by atoms with Gasteiger partial charge in [-0.25, -0.2) is 0 Å². The van der Waals surface area contributed by atoms with Crippen molar-refractivity contribution in [2.75, 3.05) is 0 Å². The van der Waals surface area contributed by atoms with Gasteiger partial charge in [0.25, 0.3) is 0 Å². The van der Waals surface area contributed by atoms with Gasteiger partial charge in [0, 0.05) is 5.92 Å². The Balaban J connectivity index is 2.05. The lowest BCUT2D eigenvalue weighted by Gasteiger charge is -2.25. The maximum absolute atomic E-state index is 11.2. The van der Waals surface area contributed by atoms with Crippen LogP contribution in [0, 0.1) is 0 Å². The topological polar surface area (TPSA) is 26.3 Å². The minimum Gasteiger partial charge on any atom is -0.462 e. The molecule has 0 amide bonds. The Morgan fingerprint density at radius 1 is 1.29 bits per heavy atom. The van der Waals surface area contributed by atoms with E-state index in [1.165, 1.54) is 11.1 Å². The van der Waals surface area contributed by atoms with Crippen LogP contribution in [-0.2, 0) is 16.0 Å². The number of ether oxygens (including phenoxy) is 1. The molecule has 0 aromatic heterocycles. The fraction of sp³-hybridized carbons (Fsp3) is 0.417. The third kappa shape index (κ3) is 1.07. The molecule has 1 saturated heterocycles. The zero-order chi connectivity index (χ0) is 9.54. The number of hydrogen-bond donors (Lipinski definition) is 0. The van der Waals surface area contributed by atoms with Crippen LogP contribution in [0.4, 0.5) is 0 Å². The van der Waals surface area contributed by atoms with E-state index in [9.17, 15) is 4.79 Å². The first kappa shape index (κ1) is 8.04. The van der Waals surface area contributed by atoms with Gasteiger partial charge in [0.15, 0.2) is 0 Å². The molecule has 2 nitrogen and oxygen atoms in total. The Hall–Kier alpha value is -1.31. The zero-order valence-electron chi connectivity index (χ0n) is 7.90. The summed E-state index contributed by atoms with van der Waals surface area (Å²) in [5, 5.41) is 0. The van der Waals surface area contributed by atoms with Crippen LogP contribution in [0.25, 0.3) is 0 Å². The molecular formula is C12H12O2. The normalized spacial score (nSPS) is 29.3. The third-order valence-electron chi connectivity index (χ3n) is 3.27. The Labute approximate surface area is 82.9 Å². The van der Waals surface area contributed by atoms with Crippen molar-refractivity contribution < 1.29 is 9.53 Å². The number of carbonyl (C=O) groups is 1. The van der Waals surface area contributed by atoms with Gasteiger partial charge >= 0.3 is 5.97 Å². The molecule has 1 aliphatic carbocycles. The largest absolute Gasteiger partial charge is 0.462 e. The number of rotatable bonds is 0. The standard InChI is InChI=1S/C12H12O2/c13-12-7-10-9-4-2-1-3-8(9)5-6-11(10)14-12/h1-4,10-11H,5-7H2. The van der Waals surface area contributed by atoms with Gasteiger partial charge < -0.3 is 4.74 Å². The number of esters is 1. The van der Waals surface area contributed by atoms with E-state index < -0.39 is 0 Å². The summed E-state index contributed by atoms with van der Waals surface area (Å²) in [6.45, 7) is 0. The molecule has 72 valence electrons. The fourth-order valence-electron chi connectivity index (χ4n) is 2.60. The van der Waals surface area contributed by atoms with Crippen molar-refractivity contribution >= 4 is 5.97 Å². The summed E-state index contributed by atoms with van der Waals surface area (Å²) in [6, 6.07) is 8.41. The molecule has 1 aromatic carbocycles. The molecule has 2 heteroatoms. The molecule has 2 aliphatic rings. The van der Waals surface area contributed by atoms with Crippen LogP contribution in [0.2, 0.25) is 0 Å². The third-order valence-corrected chi connectivity index (χ3v) is 3.27. The van der Waals surface area contributed by atoms with E-state index in [2.05, 4.69) is 18.2 Å². The summed E-state index contributed by atoms with van der Waals surface area (Å²) in [5.41, 5.74) is 2.72. The Morgan fingerprint density at radius 3 is 3.07 bits per heavy atom. The second-order valence-corrected chi connectivity index (χ2v) is 4.08. The number of aryl methyl sites for hydroxylation is 1. The number of hydrogen-bond acceptors (Lipinski definition) is 2. The average molecular weight is 188 g/mol. The van der Waals surface area contributed by atoms with Crippen LogP contribution >= 0.6 is 0 Å². The Bertz CT molecular complexity index is 384. The quantitative estimate of drug-likeness (QED) is 0.582. The van der Waals surface area contributed by atoms with E-state index in [4.69, 9.17) is 4.74 Å². The first-order valence-corrected chi connectivity index (χ1v) is 5.12. The SMILES string of the molecule is O=C1CC2c3ccccc3CCC2O1. The van der Waals surface area contributed by atoms with E-state index in [1.54, 1.807) is 0 Å². The predicted octanol–water partition coefficient (Wildman–Crippen LogP) is 2.03. The second kappa shape index (κ2) is 2.84. The molecule has 0 spiro atoms. The number of benzene rings is 1. The van der Waals surface area contributed by atoms with Gasteiger partial charge in [-0.2, -0.15) is 0 Å². The molecule has 0 N–H and O–H groups in total. The van der Waals surface area contributed by atoms with E-state index >= 15 is 0 Å². The molecule has 14 heavy (non-hydrogen) atoms. The summed E-state index contributed by atoms with van der Waals surface area (Å²) in [4.78, 5) is 11.2. The van der Waals surface area contributed by atoms with E-state index in [-0.39, 0.29) is 12.1 Å². The summed E-state index contributed by atoms with van der Waals surface area (Å²) < 4.78 is 5.28. The summed E-state index contributed by atoms with van der Waals surface area (Å²) in [5.74, 6) is 0.296. The minimum absolute atomic E-state index is 0.0308. The number of fused-ring (bicyclic) bond motifs is 3. The fourth-order valence-corrected chi connectivity index (χ4v) is 2.60. The molecule has 2 unspecified atom stereocenters. The van der Waals surface area contributed by atoms with Crippen LogP contribution < -0.4 is 0 Å². The van der Waals surface area contributed by atoms with Gasteiger partial charge in [-0.3, -0.25) is 4.79 Å². The van der Waals surface area contributed by atoms with Gasteiger partial charge in [0.1, 0.15) is 6.10 Å². The van der Waals surface area contributed by atoms with Crippen LogP contribution in [0.15, 0.2) is 24.3 Å². The average Bonchev–Trinajstić information content (AvgIpc) is 2.59. The molecular weight excluding hydrogens is 176 g/mol. The van der Waals surface area contributed by atoms with Gasteiger partial charge in [-0.05, 0) is 24.0 Å². The smallest absolute Gasteiger partial charge is 0.306 e. The van der Waals surface area contributed by atoms with Crippen LogP contribution in [0.3, 0.4) is 0 Å². The van der Waals surface area contributed by atoms with Gasteiger partial charge in [-0.1, -0.05) is 24.3 Å². The lowest BCUT2D eigenvalue weighted by Crippen LogP contribution is -2.21. The first-order valence-electron chi connectivity index (χ1n) is 5.12. The maximum Gasteiger partial charge on any atom is 0.306 e. The highest BCUT2D eigenvalue weighted by Crippen LogP contribution is 2.40. The van der Waals surface area contributed by atoms with Gasteiger partial charge in [-0.15, -0.1) is 0 Å². The summed E-state index contributed by atoms with van der Waals surface area (Å²) >= 11 is 0. The second-order valence-electron chi connectivity index (χ2n) is 4.08. The molecule has 0 radical (unpaired) electrons. The van der Waals surface area contributed by atoms with Gasteiger partial charge in [0.2, 0.25) is 0 Å². The molecule has 1 fully saturated rings. The summed E-state index contributed by atoms with van der Waals surface area (Å²) in [6.07, 6.45) is 2.76. The Morgan fingerprint density at radius 2 is 2.14 bits per heavy atom. The lowest BCUT2D eigenvalue weighted by atomic mass is 9.80. The molecule has 2 atom stereocenters. The summed E-state index contributed by atoms with van der Waals surface area (Å²) in [7, 11) is 0. The lowest BCUT2D eigenvalue weighted by molar-refractivity contribution is -0.141. The van der Waals surface area contributed by atoms with Crippen LogP contribution in [0.5, 0.6) is 0 Å². The van der Waals surface area contributed by atoms with Crippen molar-refractivity contribution in [3.63, 3.8) is 0 Å². The van der Waals surface area contributed by atoms with Crippen molar-refractivity contribution in [2.24, 2.45) is 0 Å². The first-order chi connectivity index (χ1) is 6.84. The van der Waals surface area contributed by atoms with Crippen molar-refractivity contribution in [1.29, 1.82) is 0 Å². The molecule has 0 saturated carbocycles. The molecule has 1 aliphatic heterocycles. The zero-order valence-corrected chi connectivity index (χ0v) is 7.90. The molecule has 1 aromatic rings. The van der Waals surface area contributed by atoms with E-state index in [0.717, 1.165) is 12.8 Å². The van der Waals surface area contributed by atoms with Crippen molar-refractivity contribution in [3.05, 3.63) is 35.4 Å². The van der Waals surface area contributed by atoms with E-state index in [0.29, 0.717) is 12.3 Å². The monoisotopic (exact) mass is 188 g/mol. The molecule has 0 bridgehead atoms. The highest BCUT2D eigenvalue weighted by atomic mass is 16.5. The van der Waals surface area contributed by atoms with Crippen molar-refractivity contribution in [1.82, 2.24) is 0 Å². The minimum atomic E-state index is -0.0308. The van der Waals surface area contributed by atoms with Crippen molar-refractivity contribution in [2.45, 2.75) is 31.3 Å². The van der Waals surface area contributed by atoms with Crippen molar-refractivity contribution in [3.8, 4) is 0 Å². The van der Waals surface area contributed by atoms with Crippen LogP contribution in [-0.4, -0.2) is 12.1 Å². The predicted molar refractivity (Wildman–Crippen MR) is 52.0 cm³/mol. The number of carbonyl (C=O) groups excluding carboxylic acids is 1. The van der Waals surface area contributed by atoms with Crippen LogP contribution in [0.1, 0.15) is 29.9 Å². The Kier molecular flexibility index (Phi) is 1.63. The highest BCUT2D eigenvalue weighted by Gasteiger charge is 2.39. The maximum atomic E-state index is 11.2. The molecule has 1 heterocycles. The van der Waals surface area contributed by atoms with Gasteiger partial charge in [0.05, 0.1) is 6.42 Å².